The molecule has 0 spiro atoms. The Hall–Kier alpha value is -1.15. The molecule has 1 unspecified atom stereocenters. The monoisotopic (exact) mass is 373 g/mol. The number of amides is 1. The van der Waals surface area contributed by atoms with Crippen LogP contribution in [0, 0.1) is 5.92 Å². The van der Waals surface area contributed by atoms with E-state index >= 15 is 0 Å². The Labute approximate surface area is 149 Å². The predicted octanol–water partition coefficient (Wildman–Crippen LogP) is 1.42. The molecule has 1 aliphatic heterocycles. The second-order valence-corrected chi connectivity index (χ2v) is 8.39. The first-order valence-electron chi connectivity index (χ1n) is 7.92. The lowest BCUT2D eigenvalue weighted by Crippen LogP contribution is -2.52. The molecule has 2 aliphatic rings. The molecular weight excluding hydrogens is 350 g/mol. The number of carbonyl (C=O) groups is 1. The van der Waals surface area contributed by atoms with Gasteiger partial charge in [-0.15, -0.1) is 12.4 Å². The van der Waals surface area contributed by atoms with Crippen LogP contribution in [0.25, 0.3) is 0 Å². The van der Waals surface area contributed by atoms with Crippen molar-refractivity contribution in [1.82, 2.24) is 4.72 Å². The number of hydrogen-bond donors (Lipinski definition) is 2. The number of halogens is 1. The SMILES string of the molecule is CC(=O)N1CCc2cc(S(=O)(=O)NC(C)(CN)C3CC3)ccc21.Cl. The molecule has 0 aromatic heterocycles. The van der Waals surface area contributed by atoms with E-state index in [9.17, 15) is 13.2 Å². The number of sulfonamides is 1. The molecule has 1 aromatic rings. The van der Waals surface area contributed by atoms with Gasteiger partial charge in [0.15, 0.2) is 0 Å². The van der Waals surface area contributed by atoms with Gasteiger partial charge in [0, 0.05) is 31.2 Å². The van der Waals surface area contributed by atoms with E-state index in [1.165, 1.54) is 6.92 Å². The van der Waals surface area contributed by atoms with Crippen molar-refractivity contribution in [2.45, 2.75) is 43.5 Å². The summed E-state index contributed by atoms with van der Waals surface area (Å²) < 4.78 is 28.2. The molecule has 3 N–H and O–H groups in total. The largest absolute Gasteiger partial charge is 0.329 e. The van der Waals surface area contributed by atoms with Gasteiger partial charge in [0.25, 0.3) is 0 Å². The van der Waals surface area contributed by atoms with Gasteiger partial charge in [-0.3, -0.25) is 4.79 Å². The Morgan fingerprint density at radius 1 is 1.42 bits per heavy atom. The number of anilines is 1. The molecule has 1 fully saturated rings. The number of hydrogen-bond acceptors (Lipinski definition) is 4. The van der Waals surface area contributed by atoms with E-state index < -0.39 is 15.6 Å². The number of nitrogens with one attached hydrogen (secondary N) is 1. The van der Waals surface area contributed by atoms with E-state index in [-0.39, 0.29) is 29.8 Å². The number of nitrogens with zero attached hydrogens (tertiary/aromatic N) is 1. The van der Waals surface area contributed by atoms with Crippen LogP contribution < -0.4 is 15.4 Å². The summed E-state index contributed by atoms with van der Waals surface area (Å²) in [4.78, 5) is 13.5. The van der Waals surface area contributed by atoms with E-state index in [4.69, 9.17) is 5.73 Å². The Morgan fingerprint density at radius 2 is 2.08 bits per heavy atom. The van der Waals surface area contributed by atoms with Crippen LogP contribution in [0.1, 0.15) is 32.3 Å². The van der Waals surface area contributed by atoms with Gasteiger partial charge in [-0.25, -0.2) is 13.1 Å². The van der Waals surface area contributed by atoms with Crippen molar-refractivity contribution in [3.05, 3.63) is 23.8 Å². The Balaban J connectivity index is 0.00000208. The first-order chi connectivity index (χ1) is 10.8. The Bertz CT molecular complexity index is 749. The van der Waals surface area contributed by atoms with Crippen molar-refractivity contribution in [2.24, 2.45) is 11.7 Å². The number of fused-ring (bicyclic) bond motifs is 1. The lowest BCUT2D eigenvalue weighted by atomic mass is 9.98. The van der Waals surface area contributed by atoms with Crippen molar-refractivity contribution < 1.29 is 13.2 Å². The van der Waals surface area contributed by atoms with E-state index in [1.807, 2.05) is 6.92 Å². The number of benzene rings is 1. The molecule has 3 rings (SSSR count). The van der Waals surface area contributed by atoms with Crippen molar-refractivity contribution in [3.8, 4) is 0 Å². The van der Waals surface area contributed by atoms with Crippen molar-refractivity contribution >= 4 is 34.0 Å². The third-order valence-corrected chi connectivity index (χ3v) is 6.52. The standard InChI is InChI=1S/C16H23N3O3S.ClH/c1-11(20)19-8-7-12-9-14(5-6-15(12)19)23(21,22)18-16(2,10-17)13-3-4-13;/h5-6,9,13,18H,3-4,7-8,10,17H2,1-2H3;1H. The van der Waals surface area contributed by atoms with Gasteiger partial charge >= 0.3 is 0 Å². The molecular formula is C16H24ClN3O3S. The fourth-order valence-corrected chi connectivity index (χ4v) is 4.78. The molecule has 1 atom stereocenters. The summed E-state index contributed by atoms with van der Waals surface area (Å²) in [6.07, 6.45) is 2.69. The first-order valence-corrected chi connectivity index (χ1v) is 9.40. The highest BCUT2D eigenvalue weighted by Gasteiger charge is 2.43. The number of rotatable bonds is 5. The first kappa shape index (κ1) is 19.2. The molecule has 24 heavy (non-hydrogen) atoms. The van der Waals surface area contributed by atoms with E-state index in [1.54, 1.807) is 23.1 Å². The summed E-state index contributed by atoms with van der Waals surface area (Å²) in [5.74, 6) is 0.284. The fraction of sp³-hybridized carbons (Fsp3) is 0.562. The van der Waals surface area contributed by atoms with Crippen molar-refractivity contribution in [2.75, 3.05) is 18.0 Å². The summed E-state index contributed by atoms with van der Waals surface area (Å²) in [6, 6.07) is 4.95. The van der Waals surface area contributed by atoms with Crippen molar-refractivity contribution in [1.29, 1.82) is 0 Å². The van der Waals surface area contributed by atoms with Crippen LogP contribution in [-0.4, -0.2) is 33.0 Å². The van der Waals surface area contributed by atoms with Gasteiger partial charge in [-0.1, -0.05) is 0 Å². The molecule has 8 heteroatoms. The maximum absolute atomic E-state index is 12.7. The summed E-state index contributed by atoms with van der Waals surface area (Å²) >= 11 is 0. The van der Waals surface area contributed by atoms with Crippen LogP contribution in [0.3, 0.4) is 0 Å². The lowest BCUT2D eigenvalue weighted by molar-refractivity contribution is -0.116. The highest BCUT2D eigenvalue weighted by atomic mass is 35.5. The average molecular weight is 374 g/mol. The topological polar surface area (TPSA) is 92.5 Å². The highest BCUT2D eigenvalue weighted by Crippen LogP contribution is 2.40. The quantitative estimate of drug-likeness (QED) is 0.816. The second-order valence-electron chi connectivity index (χ2n) is 6.71. The third kappa shape index (κ3) is 3.44. The van der Waals surface area contributed by atoms with Gasteiger partial charge in [-0.2, -0.15) is 0 Å². The Kier molecular flexibility index (Phi) is 5.30. The zero-order valence-corrected chi connectivity index (χ0v) is 15.5. The molecule has 1 aliphatic carbocycles. The zero-order chi connectivity index (χ0) is 16.8. The summed E-state index contributed by atoms with van der Waals surface area (Å²) in [5, 5.41) is 0. The Morgan fingerprint density at radius 3 is 2.62 bits per heavy atom. The fourth-order valence-electron chi connectivity index (χ4n) is 3.25. The van der Waals surface area contributed by atoms with Crippen LogP contribution in [0.4, 0.5) is 5.69 Å². The molecule has 1 aromatic carbocycles. The molecule has 1 amide bonds. The van der Waals surface area contributed by atoms with Crippen LogP contribution in [-0.2, 0) is 21.2 Å². The van der Waals surface area contributed by atoms with Gasteiger partial charge in [-0.05, 0) is 55.9 Å². The summed E-state index contributed by atoms with van der Waals surface area (Å²) in [5.41, 5.74) is 6.91. The minimum absolute atomic E-state index is 0. The van der Waals surface area contributed by atoms with E-state index in [0.29, 0.717) is 18.9 Å². The van der Waals surface area contributed by atoms with Gasteiger partial charge in [0.2, 0.25) is 15.9 Å². The van der Waals surface area contributed by atoms with Gasteiger partial charge in [0.05, 0.1) is 4.90 Å². The second kappa shape index (κ2) is 6.63. The van der Waals surface area contributed by atoms with Gasteiger partial charge in [0.1, 0.15) is 0 Å². The molecule has 0 bridgehead atoms. The number of carbonyl (C=O) groups excluding carboxylic acids is 1. The van der Waals surface area contributed by atoms with Crippen molar-refractivity contribution in [3.63, 3.8) is 0 Å². The predicted molar refractivity (Wildman–Crippen MR) is 95.9 cm³/mol. The summed E-state index contributed by atoms with van der Waals surface area (Å²) in [7, 11) is -3.63. The van der Waals surface area contributed by atoms with Crippen LogP contribution in [0.15, 0.2) is 23.1 Å². The minimum Gasteiger partial charge on any atom is -0.329 e. The molecule has 1 saturated carbocycles. The maximum Gasteiger partial charge on any atom is 0.241 e. The zero-order valence-electron chi connectivity index (χ0n) is 13.9. The summed E-state index contributed by atoms with van der Waals surface area (Å²) in [6.45, 7) is 4.26. The third-order valence-electron chi connectivity index (χ3n) is 4.91. The molecule has 0 saturated heterocycles. The molecule has 0 radical (unpaired) electrons. The van der Waals surface area contributed by atoms with E-state index in [2.05, 4.69) is 4.72 Å². The average Bonchev–Trinajstić information content (AvgIpc) is 3.26. The van der Waals surface area contributed by atoms with Crippen LogP contribution in [0.2, 0.25) is 0 Å². The number of nitrogens with two attached hydrogens (primary N) is 1. The van der Waals surface area contributed by atoms with Gasteiger partial charge < -0.3 is 10.6 Å². The van der Waals surface area contributed by atoms with Crippen LogP contribution in [0.5, 0.6) is 0 Å². The smallest absolute Gasteiger partial charge is 0.241 e. The minimum atomic E-state index is -3.63. The van der Waals surface area contributed by atoms with Crippen LogP contribution >= 0.6 is 12.4 Å². The molecule has 6 nitrogen and oxygen atoms in total. The molecule has 134 valence electrons. The lowest BCUT2D eigenvalue weighted by Gasteiger charge is -2.29. The maximum atomic E-state index is 12.7. The molecule has 1 heterocycles. The highest BCUT2D eigenvalue weighted by molar-refractivity contribution is 7.89. The van der Waals surface area contributed by atoms with E-state index in [0.717, 1.165) is 24.1 Å². The normalized spacial score (nSPS) is 19.4.